The summed E-state index contributed by atoms with van der Waals surface area (Å²) < 4.78 is 29.0. The van der Waals surface area contributed by atoms with E-state index < -0.39 is 58.6 Å². The van der Waals surface area contributed by atoms with E-state index in [4.69, 9.17) is 14.7 Å². The summed E-state index contributed by atoms with van der Waals surface area (Å²) in [5.74, 6) is -2.91. The largest absolute Gasteiger partial charge is 0.447 e. The van der Waals surface area contributed by atoms with E-state index in [1.807, 2.05) is 30.3 Å². The molecule has 222 valence electrons. The van der Waals surface area contributed by atoms with E-state index in [1.165, 1.54) is 12.2 Å². The number of hydrogen-bond donors (Lipinski definition) is 1. The van der Waals surface area contributed by atoms with E-state index in [1.54, 1.807) is 50.3 Å². The Bertz CT molecular complexity index is 1580. The van der Waals surface area contributed by atoms with Gasteiger partial charge in [-0.2, -0.15) is 5.26 Å². The van der Waals surface area contributed by atoms with E-state index in [0.29, 0.717) is 24.8 Å². The lowest BCUT2D eigenvalue weighted by Crippen LogP contribution is -2.69. The van der Waals surface area contributed by atoms with Crippen molar-refractivity contribution in [2.75, 3.05) is 6.61 Å². The van der Waals surface area contributed by atoms with Crippen molar-refractivity contribution in [2.24, 2.45) is 22.7 Å². The molecular weight excluding hydrogens is 549 g/mol. The number of hydrogen-bond acceptors (Lipinski definition) is 7. The summed E-state index contributed by atoms with van der Waals surface area (Å²) in [7, 11) is 0. The summed E-state index contributed by atoms with van der Waals surface area (Å²) in [5.41, 5.74) is -3.52. The van der Waals surface area contributed by atoms with Crippen LogP contribution < -0.4 is 0 Å². The first-order chi connectivity index (χ1) is 20.5. The maximum absolute atomic E-state index is 17.5. The predicted molar refractivity (Wildman–Crippen MR) is 155 cm³/mol. The van der Waals surface area contributed by atoms with E-state index >= 15 is 4.39 Å². The zero-order valence-corrected chi connectivity index (χ0v) is 24.2. The molecule has 1 N–H and O–H groups in total. The van der Waals surface area contributed by atoms with Gasteiger partial charge in [-0.15, -0.1) is 0 Å². The SMILES string of the molecule is C[C@]12C=CC(=O)C=C1CC[C@H]1[C@@H]3CCC(OC(=O)c4ccc(-c5ccccc5)cc4)(C(=O)OCC#N)[C@@]3(C)C[C@H](O)C12F. The number of benzene rings is 2. The molecule has 0 amide bonds. The lowest BCUT2D eigenvalue weighted by Gasteiger charge is -2.62. The molecule has 0 radical (unpaired) electrons. The number of rotatable bonds is 5. The van der Waals surface area contributed by atoms with Crippen LogP contribution in [-0.2, 0) is 19.1 Å². The van der Waals surface area contributed by atoms with Crippen molar-refractivity contribution in [2.45, 2.75) is 63.3 Å². The molecule has 4 aliphatic rings. The van der Waals surface area contributed by atoms with Gasteiger partial charge < -0.3 is 14.6 Å². The van der Waals surface area contributed by atoms with Crippen LogP contribution in [0.4, 0.5) is 4.39 Å². The molecule has 0 saturated heterocycles. The Morgan fingerprint density at radius 1 is 1.05 bits per heavy atom. The number of carbonyl (C=O) groups is 3. The quantitative estimate of drug-likeness (QED) is 0.450. The molecule has 7 atom stereocenters. The van der Waals surface area contributed by atoms with E-state index in [2.05, 4.69) is 0 Å². The van der Waals surface area contributed by atoms with Crippen LogP contribution in [0.25, 0.3) is 11.1 Å². The molecule has 3 fully saturated rings. The van der Waals surface area contributed by atoms with Crippen molar-refractivity contribution in [1.29, 1.82) is 5.26 Å². The highest BCUT2D eigenvalue weighted by atomic mass is 19.1. The molecule has 6 rings (SSSR count). The maximum Gasteiger partial charge on any atom is 0.352 e. The van der Waals surface area contributed by atoms with Crippen LogP contribution in [0.5, 0.6) is 0 Å². The Kier molecular flexibility index (Phi) is 6.93. The number of nitrogens with zero attached hydrogens (tertiary/aromatic N) is 1. The minimum atomic E-state index is -2.09. The number of esters is 2. The van der Waals surface area contributed by atoms with Crippen molar-refractivity contribution in [3.05, 3.63) is 84.0 Å². The number of allylic oxidation sites excluding steroid dienone is 4. The minimum Gasteiger partial charge on any atom is -0.447 e. The van der Waals surface area contributed by atoms with Crippen LogP contribution in [0.1, 0.15) is 56.3 Å². The molecule has 2 aromatic rings. The summed E-state index contributed by atoms with van der Waals surface area (Å²) >= 11 is 0. The first-order valence-electron chi connectivity index (χ1n) is 14.7. The van der Waals surface area contributed by atoms with Gasteiger partial charge in [-0.1, -0.05) is 61.0 Å². The standard InChI is InChI=1S/C35H34FNO6/c1-32-16-14-26(38)20-25(32)12-13-28-27-15-17-34(31(41)42-19-18-37,33(27,2)21-29(39)35(28,32)36)43-30(40)24-10-8-23(9-11-24)22-6-4-3-5-7-22/h3-11,14,16,20,27-29,39H,12-13,15,17,19,21H2,1-2H3/t27-,28-,29-,32-,33-,34?,35?/m0/s1. The normalized spacial score (nSPS) is 35.9. The zero-order chi connectivity index (χ0) is 30.6. The second kappa shape index (κ2) is 10.3. The molecule has 0 heterocycles. The molecule has 8 heteroatoms. The van der Waals surface area contributed by atoms with Crippen molar-refractivity contribution < 1.29 is 33.4 Å². The average Bonchev–Trinajstić information content (AvgIpc) is 3.29. The number of nitriles is 1. The third-order valence-electron chi connectivity index (χ3n) is 10.9. The molecule has 3 saturated carbocycles. The molecular formula is C35H34FNO6. The number of ether oxygens (including phenoxy) is 2. The van der Waals surface area contributed by atoms with Crippen molar-refractivity contribution >= 4 is 17.7 Å². The van der Waals surface area contributed by atoms with Crippen LogP contribution >= 0.6 is 0 Å². The van der Waals surface area contributed by atoms with Gasteiger partial charge in [0.25, 0.3) is 0 Å². The number of ketones is 1. The fraction of sp³-hybridized carbons (Fsp3) is 0.429. The Hall–Kier alpha value is -4.09. The van der Waals surface area contributed by atoms with Crippen molar-refractivity contribution in [3.8, 4) is 17.2 Å². The Balaban J connectivity index is 1.36. The predicted octanol–water partition coefficient (Wildman–Crippen LogP) is 5.69. The van der Waals surface area contributed by atoms with Gasteiger partial charge in [-0.25, -0.2) is 14.0 Å². The number of aliphatic hydroxyl groups is 1. The van der Waals surface area contributed by atoms with Crippen LogP contribution in [0.2, 0.25) is 0 Å². The molecule has 0 bridgehead atoms. The second-order valence-electron chi connectivity index (χ2n) is 12.7. The van der Waals surface area contributed by atoms with E-state index in [0.717, 1.165) is 11.1 Å². The topological polar surface area (TPSA) is 114 Å². The lowest BCUT2D eigenvalue weighted by atomic mass is 9.45. The molecule has 0 aromatic heterocycles. The first kappa shape index (κ1) is 29.0. The van der Waals surface area contributed by atoms with Crippen LogP contribution in [0, 0.1) is 34.0 Å². The van der Waals surface area contributed by atoms with Gasteiger partial charge in [-0.3, -0.25) is 4.79 Å². The third-order valence-corrected chi connectivity index (χ3v) is 10.9. The van der Waals surface area contributed by atoms with Crippen molar-refractivity contribution in [1.82, 2.24) is 0 Å². The van der Waals surface area contributed by atoms with Gasteiger partial charge in [0.2, 0.25) is 5.60 Å². The van der Waals surface area contributed by atoms with Crippen LogP contribution in [-0.4, -0.2) is 46.8 Å². The molecule has 4 aliphatic carbocycles. The molecule has 7 nitrogen and oxygen atoms in total. The monoisotopic (exact) mass is 583 g/mol. The van der Waals surface area contributed by atoms with Gasteiger partial charge in [0.05, 0.1) is 11.7 Å². The first-order valence-corrected chi connectivity index (χ1v) is 14.7. The summed E-state index contributed by atoms with van der Waals surface area (Å²) in [6, 6.07) is 18.3. The van der Waals surface area contributed by atoms with Gasteiger partial charge in [0, 0.05) is 16.7 Å². The zero-order valence-electron chi connectivity index (χ0n) is 24.2. The number of aliphatic hydroxyl groups excluding tert-OH is 1. The Morgan fingerprint density at radius 3 is 2.44 bits per heavy atom. The number of halogens is 1. The highest BCUT2D eigenvalue weighted by molar-refractivity contribution is 6.01. The number of alkyl halides is 1. The fourth-order valence-corrected chi connectivity index (χ4v) is 8.60. The van der Waals surface area contributed by atoms with E-state index in [-0.39, 0.29) is 24.2 Å². The third kappa shape index (κ3) is 4.12. The van der Waals surface area contributed by atoms with Gasteiger partial charge in [0.1, 0.15) is 6.07 Å². The Morgan fingerprint density at radius 2 is 1.74 bits per heavy atom. The van der Waals surface area contributed by atoms with Crippen molar-refractivity contribution in [3.63, 3.8) is 0 Å². The average molecular weight is 584 g/mol. The number of fused-ring (bicyclic) bond motifs is 5. The molecule has 43 heavy (non-hydrogen) atoms. The lowest BCUT2D eigenvalue weighted by molar-refractivity contribution is -0.224. The fourth-order valence-electron chi connectivity index (χ4n) is 8.60. The molecule has 0 aliphatic heterocycles. The van der Waals surface area contributed by atoms with E-state index in [9.17, 15) is 19.5 Å². The summed E-state index contributed by atoms with van der Waals surface area (Å²) in [6.45, 7) is 2.96. The van der Waals surface area contributed by atoms with Crippen LogP contribution in [0.15, 0.2) is 78.4 Å². The summed E-state index contributed by atoms with van der Waals surface area (Å²) in [5, 5.41) is 20.8. The molecule has 2 aromatic carbocycles. The number of carbonyl (C=O) groups excluding carboxylic acids is 3. The van der Waals surface area contributed by atoms with Gasteiger partial charge in [0.15, 0.2) is 18.1 Å². The second-order valence-corrected chi connectivity index (χ2v) is 12.7. The Labute approximate surface area is 250 Å². The highest BCUT2D eigenvalue weighted by Gasteiger charge is 2.76. The minimum absolute atomic E-state index is 0.0688. The summed E-state index contributed by atoms with van der Waals surface area (Å²) in [4.78, 5) is 39.6. The van der Waals surface area contributed by atoms with Gasteiger partial charge >= 0.3 is 11.9 Å². The van der Waals surface area contributed by atoms with Gasteiger partial charge in [-0.05, 0) is 80.4 Å². The molecule has 2 unspecified atom stereocenters. The summed E-state index contributed by atoms with van der Waals surface area (Å²) in [6.07, 6.45) is 3.99. The smallest absolute Gasteiger partial charge is 0.352 e. The highest BCUT2D eigenvalue weighted by Crippen LogP contribution is 2.70. The maximum atomic E-state index is 17.5. The molecule has 0 spiro atoms. The van der Waals surface area contributed by atoms with Crippen LogP contribution in [0.3, 0.4) is 0 Å².